The number of carbonyl (C=O) groups is 1. The van der Waals surface area contributed by atoms with E-state index in [9.17, 15) is 4.79 Å². The van der Waals surface area contributed by atoms with Crippen molar-refractivity contribution >= 4 is 17.5 Å². The number of H-pyrrole nitrogens is 1. The van der Waals surface area contributed by atoms with Gasteiger partial charge in [-0.2, -0.15) is 5.10 Å². The number of Topliss-reactive ketones (excluding diaryl/α,β-unsaturated/α-hetero) is 1. The summed E-state index contributed by atoms with van der Waals surface area (Å²) in [5.41, 5.74) is 7.03. The van der Waals surface area contributed by atoms with Crippen LogP contribution in [0.25, 0.3) is 0 Å². The Hall–Kier alpha value is -1.81. The Bertz CT molecular complexity index is 891. The highest BCUT2D eigenvalue weighted by Gasteiger charge is 2.42. The maximum Gasteiger partial charge on any atom is 0.160 e. The summed E-state index contributed by atoms with van der Waals surface area (Å²) < 4.78 is 0. The molecular formula is C21H24N2OS. The normalized spacial score (nSPS) is 21.9. The number of rotatable bonds is 2. The maximum atomic E-state index is 13.2. The second-order valence-electron chi connectivity index (χ2n) is 8.02. The molecule has 1 unspecified atom stereocenters. The molecule has 2 aliphatic rings. The molecule has 0 bridgehead atoms. The molecule has 1 aromatic carbocycles. The minimum Gasteiger partial charge on any atom is -0.294 e. The molecule has 2 aromatic rings. The zero-order valence-electron chi connectivity index (χ0n) is 15.3. The van der Waals surface area contributed by atoms with E-state index in [4.69, 9.17) is 0 Å². The van der Waals surface area contributed by atoms with E-state index in [-0.39, 0.29) is 11.3 Å². The van der Waals surface area contributed by atoms with Crippen LogP contribution in [-0.2, 0) is 11.2 Å². The van der Waals surface area contributed by atoms with Crippen molar-refractivity contribution in [3.05, 3.63) is 57.9 Å². The number of aryl methyl sites for hydroxylation is 1. The van der Waals surface area contributed by atoms with Gasteiger partial charge in [0.15, 0.2) is 5.78 Å². The molecule has 130 valence electrons. The van der Waals surface area contributed by atoms with Crippen LogP contribution >= 0.6 is 11.8 Å². The first kappa shape index (κ1) is 16.6. The van der Waals surface area contributed by atoms with Crippen LogP contribution in [0.15, 0.2) is 40.3 Å². The fourth-order valence-electron chi connectivity index (χ4n) is 4.55. The van der Waals surface area contributed by atoms with Gasteiger partial charge in [-0.3, -0.25) is 9.89 Å². The summed E-state index contributed by atoms with van der Waals surface area (Å²) in [4.78, 5) is 14.4. The van der Waals surface area contributed by atoms with E-state index in [0.717, 1.165) is 29.8 Å². The van der Waals surface area contributed by atoms with Crippen molar-refractivity contribution in [3.8, 4) is 0 Å². The molecule has 0 saturated heterocycles. The fraction of sp³-hybridized carbons (Fsp3) is 0.429. The minimum absolute atomic E-state index is 0.0183. The number of hydrogen-bond donors (Lipinski definition) is 1. The predicted molar refractivity (Wildman–Crippen MR) is 102 cm³/mol. The van der Waals surface area contributed by atoms with Crippen LogP contribution in [-0.4, -0.2) is 22.2 Å². The van der Waals surface area contributed by atoms with Gasteiger partial charge >= 0.3 is 0 Å². The van der Waals surface area contributed by atoms with E-state index in [1.54, 1.807) is 11.8 Å². The third kappa shape index (κ3) is 2.67. The average Bonchev–Trinajstić information content (AvgIpc) is 2.92. The fourth-order valence-corrected chi connectivity index (χ4v) is 5.19. The minimum atomic E-state index is 0.0183. The first-order valence-electron chi connectivity index (χ1n) is 8.83. The monoisotopic (exact) mass is 352 g/mol. The lowest BCUT2D eigenvalue weighted by atomic mass is 9.65. The molecule has 1 aromatic heterocycles. The third-order valence-corrected chi connectivity index (χ3v) is 6.31. The Kier molecular flexibility index (Phi) is 3.91. The van der Waals surface area contributed by atoms with Gasteiger partial charge in [0.05, 0.1) is 5.69 Å². The predicted octanol–water partition coefficient (Wildman–Crippen LogP) is 4.81. The molecule has 0 aliphatic heterocycles. The van der Waals surface area contributed by atoms with Gasteiger partial charge in [-0.15, -0.1) is 11.8 Å². The standard InChI is InChI=1S/C21H24N2OS/c1-12-18-15(23-22-12)9-13-10-21(2,3)11-16(24)19(13)20(18)14-7-5-6-8-17(14)25-4/h5-8,20H,9-11H2,1-4H3,(H,22,23). The lowest BCUT2D eigenvalue weighted by Crippen LogP contribution is -2.32. The Morgan fingerprint density at radius 3 is 2.76 bits per heavy atom. The van der Waals surface area contributed by atoms with E-state index in [0.29, 0.717) is 12.2 Å². The van der Waals surface area contributed by atoms with Crippen LogP contribution < -0.4 is 0 Å². The Labute approximate surface area is 153 Å². The summed E-state index contributed by atoms with van der Waals surface area (Å²) in [6.07, 6.45) is 4.53. The molecule has 1 atom stereocenters. The number of aromatic nitrogens is 2. The van der Waals surface area contributed by atoms with E-state index >= 15 is 0 Å². The maximum absolute atomic E-state index is 13.2. The van der Waals surface area contributed by atoms with Crippen molar-refractivity contribution in [2.24, 2.45) is 5.41 Å². The molecule has 2 aliphatic carbocycles. The molecule has 0 spiro atoms. The second-order valence-corrected chi connectivity index (χ2v) is 8.87. The first-order valence-corrected chi connectivity index (χ1v) is 10.1. The van der Waals surface area contributed by atoms with Gasteiger partial charge in [0, 0.05) is 40.5 Å². The number of thioether (sulfide) groups is 1. The number of nitrogens with zero attached hydrogens (tertiary/aromatic N) is 1. The number of ketones is 1. The van der Waals surface area contributed by atoms with Gasteiger partial charge in [0.1, 0.15) is 0 Å². The van der Waals surface area contributed by atoms with Crippen molar-refractivity contribution < 1.29 is 4.79 Å². The quantitative estimate of drug-likeness (QED) is 0.789. The van der Waals surface area contributed by atoms with Crippen LogP contribution in [0.4, 0.5) is 0 Å². The number of nitrogens with one attached hydrogen (secondary N) is 1. The first-order chi connectivity index (χ1) is 11.9. The highest BCUT2D eigenvalue weighted by molar-refractivity contribution is 7.98. The number of aromatic amines is 1. The number of benzene rings is 1. The molecule has 25 heavy (non-hydrogen) atoms. The van der Waals surface area contributed by atoms with Crippen molar-refractivity contribution in [2.45, 2.75) is 50.8 Å². The summed E-state index contributed by atoms with van der Waals surface area (Å²) in [6, 6.07) is 8.48. The van der Waals surface area contributed by atoms with Gasteiger partial charge in [0.25, 0.3) is 0 Å². The van der Waals surface area contributed by atoms with Gasteiger partial charge < -0.3 is 0 Å². The molecule has 0 radical (unpaired) electrons. The summed E-state index contributed by atoms with van der Waals surface area (Å²) in [5.74, 6) is 0.336. The highest BCUT2D eigenvalue weighted by atomic mass is 32.2. The lowest BCUT2D eigenvalue weighted by Gasteiger charge is -2.38. The lowest BCUT2D eigenvalue weighted by molar-refractivity contribution is -0.118. The van der Waals surface area contributed by atoms with Crippen molar-refractivity contribution in [2.75, 3.05) is 6.26 Å². The molecule has 0 fully saturated rings. The number of carbonyl (C=O) groups excluding carboxylic acids is 1. The van der Waals surface area contributed by atoms with Crippen LogP contribution in [0.3, 0.4) is 0 Å². The van der Waals surface area contributed by atoms with Gasteiger partial charge in [0.2, 0.25) is 0 Å². The van der Waals surface area contributed by atoms with Crippen LogP contribution in [0.1, 0.15) is 55.1 Å². The Morgan fingerprint density at radius 1 is 1.24 bits per heavy atom. The zero-order valence-corrected chi connectivity index (χ0v) is 16.1. The van der Waals surface area contributed by atoms with Gasteiger partial charge in [-0.25, -0.2) is 0 Å². The number of fused-ring (bicyclic) bond motifs is 1. The summed E-state index contributed by atoms with van der Waals surface area (Å²) >= 11 is 1.75. The molecule has 3 nitrogen and oxygen atoms in total. The van der Waals surface area contributed by atoms with Crippen molar-refractivity contribution in [1.29, 1.82) is 0 Å². The highest BCUT2D eigenvalue weighted by Crippen LogP contribution is 2.50. The Morgan fingerprint density at radius 2 is 2.00 bits per heavy atom. The smallest absolute Gasteiger partial charge is 0.160 e. The number of allylic oxidation sites excluding steroid dienone is 2. The second kappa shape index (κ2) is 5.87. The summed E-state index contributed by atoms with van der Waals surface area (Å²) in [5, 5.41) is 7.74. The van der Waals surface area contributed by atoms with Crippen molar-refractivity contribution in [1.82, 2.24) is 10.2 Å². The average molecular weight is 353 g/mol. The molecule has 0 saturated carbocycles. The van der Waals surface area contributed by atoms with Crippen LogP contribution in [0, 0.1) is 12.3 Å². The van der Waals surface area contributed by atoms with Crippen LogP contribution in [0.5, 0.6) is 0 Å². The molecule has 1 N–H and O–H groups in total. The van der Waals surface area contributed by atoms with Gasteiger partial charge in [-0.05, 0) is 36.6 Å². The molecule has 1 heterocycles. The molecular weight excluding hydrogens is 328 g/mol. The van der Waals surface area contributed by atoms with E-state index < -0.39 is 0 Å². The summed E-state index contributed by atoms with van der Waals surface area (Å²) in [7, 11) is 0. The molecule has 4 rings (SSSR count). The van der Waals surface area contributed by atoms with E-state index in [2.05, 4.69) is 61.5 Å². The van der Waals surface area contributed by atoms with Crippen LogP contribution in [0.2, 0.25) is 0 Å². The largest absolute Gasteiger partial charge is 0.294 e. The SMILES string of the molecule is CSc1ccccc1C1C2=C(Cc3n[nH]c(C)c31)CC(C)(C)CC2=O. The van der Waals surface area contributed by atoms with Gasteiger partial charge in [-0.1, -0.05) is 37.6 Å². The van der Waals surface area contributed by atoms with Crippen molar-refractivity contribution in [3.63, 3.8) is 0 Å². The summed E-state index contributed by atoms with van der Waals surface area (Å²) in [6.45, 7) is 6.47. The topological polar surface area (TPSA) is 45.8 Å². The zero-order chi connectivity index (χ0) is 17.8. The third-order valence-electron chi connectivity index (χ3n) is 5.49. The Balaban J connectivity index is 1.97. The number of hydrogen-bond acceptors (Lipinski definition) is 3. The van der Waals surface area contributed by atoms with E-state index in [1.807, 2.05) is 0 Å². The molecule has 0 amide bonds. The molecule has 4 heteroatoms. The van der Waals surface area contributed by atoms with E-state index in [1.165, 1.54) is 21.6 Å².